The number of carbonyl (C=O) groups excluding carboxylic acids is 1. The lowest BCUT2D eigenvalue weighted by molar-refractivity contribution is -0.123. The number of nitrogens with zero attached hydrogens (tertiary/aromatic N) is 4. The number of hydrogen-bond donors (Lipinski definition) is 1. The average molecular weight is 399 g/mol. The Balaban J connectivity index is 1.44. The van der Waals surface area contributed by atoms with Gasteiger partial charge in [0.05, 0.1) is 20.3 Å². The van der Waals surface area contributed by atoms with Gasteiger partial charge in [-0.05, 0) is 25.8 Å². The Morgan fingerprint density at radius 3 is 2.76 bits per heavy atom. The molecule has 1 aromatic carbocycles. The minimum absolute atomic E-state index is 0.130. The van der Waals surface area contributed by atoms with Gasteiger partial charge in [0.2, 0.25) is 5.91 Å². The molecule has 1 amide bonds. The van der Waals surface area contributed by atoms with Crippen LogP contribution in [0, 0.1) is 5.92 Å². The van der Waals surface area contributed by atoms with Gasteiger partial charge in [-0.25, -0.2) is 0 Å². The second-order valence-electron chi connectivity index (χ2n) is 7.81. The maximum atomic E-state index is 12.1. The van der Waals surface area contributed by atoms with Gasteiger partial charge in [-0.15, -0.1) is 10.2 Å². The van der Waals surface area contributed by atoms with E-state index in [-0.39, 0.29) is 17.9 Å². The fraction of sp³-hybridized carbons (Fsp3) is 0.571. The van der Waals surface area contributed by atoms with Gasteiger partial charge in [0.1, 0.15) is 5.82 Å². The Labute approximate surface area is 171 Å². The predicted octanol–water partition coefficient (Wildman–Crippen LogP) is 1.94. The van der Waals surface area contributed by atoms with Gasteiger partial charge >= 0.3 is 0 Å². The summed E-state index contributed by atoms with van der Waals surface area (Å²) in [5, 5.41) is 11.9. The number of ether oxygens (including phenoxy) is 2. The number of aromatic nitrogens is 3. The number of amides is 1. The number of nitrogens with one attached hydrogen (secondary N) is 1. The van der Waals surface area contributed by atoms with Gasteiger partial charge in [0, 0.05) is 44.1 Å². The number of benzene rings is 1. The monoisotopic (exact) mass is 399 g/mol. The molecule has 2 heterocycles. The highest BCUT2D eigenvalue weighted by atomic mass is 16.5. The molecule has 1 atom stereocenters. The fourth-order valence-corrected chi connectivity index (χ4v) is 3.93. The van der Waals surface area contributed by atoms with Crippen LogP contribution in [0.2, 0.25) is 0 Å². The zero-order valence-corrected chi connectivity index (χ0v) is 17.4. The van der Waals surface area contributed by atoms with E-state index < -0.39 is 0 Å². The molecule has 8 nitrogen and oxygen atoms in total. The Bertz CT molecular complexity index is 877. The molecule has 8 heteroatoms. The maximum Gasteiger partial charge on any atom is 0.223 e. The zero-order valence-electron chi connectivity index (χ0n) is 17.4. The number of methoxy groups -OCH3 is 2. The van der Waals surface area contributed by atoms with Gasteiger partial charge < -0.3 is 19.4 Å². The second-order valence-corrected chi connectivity index (χ2v) is 7.81. The van der Waals surface area contributed by atoms with Gasteiger partial charge in [-0.3, -0.25) is 9.69 Å². The van der Waals surface area contributed by atoms with Crippen molar-refractivity contribution in [1.29, 1.82) is 0 Å². The first-order valence-electron chi connectivity index (χ1n) is 10.2. The van der Waals surface area contributed by atoms with E-state index in [1.165, 1.54) is 0 Å². The van der Waals surface area contributed by atoms with Gasteiger partial charge in [0.25, 0.3) is 0 Å². The third-order valence-corrected chi connectivity index (χ3v) is 5.72. The van der Waals surface area contributed by atoms with Crippen molar-refractivity contribution in [3.8, 4) is 11.5 Å². The molecule has 1 N–H and O–H groups in total. The van der Waals surface area contributed by atoms with Crippen molar-refractivity contribution in [2.24, 2.45) is 5.92 Å². The number of rotatable bonds is 7. The molecule has 156 valence electrons. The van der Waals surface area contributed by atoms with E-state index >= 15 is 0 Å². The molecule has 2 aromatic rings. The normalized spacial score (nSPS) is 17.9. The third kappa shape index (κ3) is 4.22. The molecule has 0 bridgehead atoms. The van der Waals surface area contributed by atoms with E-state index in [0.717, 1.165) is 74.2 Å². The minimum atomic E-state index is -0.130. The molecule has 0 spiro atoms. The Morgan fingerprint density at radius 1 is 1.21 bits per heavy atom. The van der Waals surface area contributed by atoms with Crippen LogP contribution >= 0.6 is 0 Å². The quantitative estimate of drug-likeness (QED) is 0.766. The summed E-state index contributed by atoms with van der Waals surface area (Å²) in [5.74, 6) is 3.69. The molecular weight excluding hydrogens is 370 g/mol. The molecule has 1 aliphatic heterocycles. The van der Waals surface area contributed by atoms with Crippen molar-refractivity contribution in [3.63, 3.8) is 0 Å². The van der Waals surface area contributed by atoms with Crippen LogP contribution in [0.5, 0.6) is 11.5 Å². The molecule has 2 aliphatic rings. The van der Waals surface area contributed by atoms with Crippen LogP contribution in [0.25, 0.3) is 0 Å². The standard InChI is InChI=1S/C21H29N5O3/c1-14(22-21(27)15-7-8-15)20-24-23-18-9-10-25(11-12-26(18)20)13-16-5-4-6-17(28-2)19(16)29-3/h4-6,14-15H,7-13H2,1-3H3,(H,22,27)/t14-/m1/s1. The molecule has 0 unspecified atom stereocenters. The van der Waals surface area contributed by atoms with Crippen molar-refractivity contribution in [1.82, 2.24) is 25.0 Å². The van der Waals surface area contributed by atoms with E-state index in [0.29, 0.717) is 0 Å². The fourth-order valence-electron chi connectivity index (χ4n) is 3.93. The van der Waals surface area contributed by atoms with Crippen molar-refractivity contribution < 1.29 is 14.3 Å². The first kappa shape index (κ1) is 19.7. The van der Waals surface area contributed by atoms with Gasteiger partial charge in [-0.2, -0.15) is 0 Å². The summed E-state index contributed by atoms with van der Waals surface area (Å²) in [7, 11) is 3.33. The average Bonchev–Trinajstić information content (AvgIpc) is 3.53. The topological polar surface area (TPSA) is 81.5 Å². The largest absolute Gasteiger partial charge is 0.493 e. The first-order valence-corrected chi connectivity index (χ1v) is 10.2. The number of carbonyl (C=O) groups is 1. The highest BCUT2D eigenvalue weighted by Gasteiger charge is 2.31. The smallest absolute Gasteiger partial charge is 0.223 e. The molecule has 29 heavy (non-hydrogen) atoms. The number of para-hydroxylation sites is 1. The lowest BCUT2D eigenvalue weighted by Gasteiger charge is -2.22. The molecule has 1 saturated carbocycles. The second kappa shape index (κ2) is 8.41. The van der Waals surface area contributed by atoms with E-state index in [9.17, 15) is 4.79 Å². The van der Waals surface area contributed by atoms with Crippen LogP contribution in [0.15, 0.2) is 18.2 Å². The van der Waals surface area contributed by atoms with Crippen LogP contribution in [-0.4, -0.2) is 52.9 Å². The summed E-state index contributed by atoms with van der Waals surface area (Å²) in [6.45, 7) is 5.33. The molecule has 1 fully saturated rings. The lowest BCUT2D eigenvalue weighted by atomic mass is 10.1. The van der Waals surface area contributed by atoms with Crippen molar-refractivity contribution in [3.05, 3.63) is 35.4 Å². The van der Waals surface area contributed by atoms with Gasteiger partial charge in [0.15, 0.2) is 17.3 Å². The van der Waals surface area contributed by atoms with Crippen molar-refractivity contribution in [2.45, 2.75) is 45.3 Å². The van der Waals surface area contributed by atoms with Crippen LogP contribution in [0.4, 0.5) is 0 Å². The molecule has 1 aliphatic carbocycles. The van der Waals surface area contributed by atoms with Crippen LogP contribution in [0.1, 0.15) is 43.0 Å². The number of fused-ring (bicyclic) bond motifs is 1. The van der Waals surface area contributed by atoms with Crippen molar-refractivity contribution >= 4 is 5.91 Å². The maximum absolute atomic E-state index is 12.1. The lowest BCUT2D eigenvalue weighted by Crippen LogP contribution is -2.31. The molecular formula is C21H29N5O3. The summed E-state index contributed by atoms with van der Waals surface area (Å²) >= 11 is 0. The van der Waals surface area contributed by atoms with E-state index in [4.69, 9.17) is 9.47 Å². The van der Waals surface area contributed by atoms with Crippen LogP contribution < -0.4 is 14.8 Å². The third-order valence-electron chi connectivity index (χ3n) is 5.72. The van der Waals surface area contributed by atoms with Crippen molar-refractivity contribution in [2.75, 3.05) is 27.3 Å². The summed E-state index contributed by atoms with van der Waals surface area (Å²) < 4.78 is 13.2. The van der Waals surface area contributed by atoms with E-state index in [1.807, 2.05) is 19.1 Å². The van der Waals surface area contributed by atoms with E-state index in [1.54, 1.807) is 14.2 Å². The minimum Gasteiger partial charge on any atom is -0.493 e. The summed E-state index contributed by atoms with van der Waals surface area (Å²) in [6.07, 6.45) is 2.82. The molecule has 0 saturated heterocycles. The summed E-state index contributed by atoms with van der Waals surface area (Å²) in [4.78, 5) is 14.5. The highest BCUT2D eigenvalue weighted by Crippen LogP contribution is 2.32. The molecule has 0 radical (unpaired) electrons. The van der Waals surface area contributed by atoms with E-state index in [2.05, 4.69) is 31.0 Å². The molecule has 4 rings (SSSR count). The van der Waals surface area contributed by atoms with Crippen LogP contribution in [-0.2, 0) is 24.3 Å². The highest BCUT2D eigenvalue weighted by molar-refractivity contribution is 5.81. The summed E-state index contributed by atoms with van der Waals surface area (Å²) in [6, 6.07) is 5.85. The Morgan fingerprint density at radius 2 is 2.03 bits per heavy atom. The number of hydrogen-bond acceptors (Lipinski definition) is 6. The van der Waals surface area contributed by atoms with Gasteiger partial charge in [-0.1, -0.05) is 12.1 Å². The SMILES string of the molecule is COc1cccc(CN2CCc3nnc([C@@H](C)NC(=O)C4CC4)n3CC2)c1OC. The Hall–Kier alpha value is -2.61. The summed E-state index contributed by atoms with van der Waals surface area (Å²) in [5.41, 5.74) is 1.11. The zero-order chi connectivity index (χ0) is 20.4. The molecule has 1 aromatic heterocycles. The first-order chi connectivity index (χ1) is 14.1. The predicted molar refractivity (Wildman–Crippen MR) is 108 cm³/mol. The Kier molecular flexibility index (Phi) is 5.71. The van der Waals surface area contributed by atoms with Crippen LogP contribution in [0.3, 0.4) is 0 Å².